The number of hydrogen-bond donors (Lipinski definition) is 2. The number of fused-ring (bicyclic) bond motifs is 1. The van der Waals surface area contributed by atoms with Gasteiger partial charge in [0.25, 0.3) is 11.5 Å². The molecule has 2 N–H and O–H groups in total. The molecule has 1 fully saturated rings. The molecule has 0 bridgehead atoms. The lowest BCUT2D eigenvalue weighted by Gasteiger charge is -2.27. The molecule has 1 aliphatic rings. The Labute approximate surface area is 159 Å². The van der Waals surface area contributed by atoms with Crippen LogP contribution in [0.3, 0.4) is 0 Å². The Morgan fingerprint density at radius 1 is 1.32 bits per heavy atom. The average Bonchev–Trinajstić information content (AvgIpc) is 3.28. The van der Waals surface area contributed by atoms with Gasteiger partial charge < -0.3 is 5.11 Å². The van der Waals surface area contributed by atoms with Crippen LogP contribution in [-0.4, -0.2) is 40.6 Å². The van der Waals surface area contributed by atoms with E-state index in [1.807, 2.05) is 0 Å². The molecule has 3 aromatic heterocycles. The maximum Gasteiger partial charge on any atom is 0.338 e. The van der Waals surface area contributed by atoms with Crippen LogP contribution in [0, 0.1) is 17.8 Å². The number of nitrogens with zero attached hydrogens (tertiary/aromatic N) is 5. The SMILES string of the molecule is CCC1CCC(Cn2nc(F)c3nc(-n4cc(C(=O)O)cn4)[nH]c(=O)c32)CC1. The van der Waals surface area contributed by atoms with Gasteiger partial charge in [-0.25, -0.2) is 14.5 Å². The molecule has 3 aromatic rings. The van der Waals surface area contributed by atoms with Crippen LogP contribution in [0.4, 0.5) is 4.39 Å². The maximum atomic E-state index is 14.4. The number of H-pyrrole nitrogens is 1. The fraction of sp³-hybridized carbons (Fsp3) is 0.500. The summed E-state index contributed by atoms with van der Waals surface area (Å²) in [6.07, 6.45) is 7.86. The van der Waals surface area contributed by atoms with Gasteiger partial charge in [-0.05, 0) is 24.7 Å². The second-order valence-corrected chi connectivity index (χ2v) is 7.33. The third-order valence-electron chi connectivity index (χ3n) is 5.57. The zero-order valence-corrected chi connectivity index (χ0v) is 15.4. The van der Waals surface area contributed by atoms with Crippen LogP contribution in [0.25, 0.3) is 17.0 Å². The van der Waals surface area contributed by atoms with Crippen LogP contribution in [-0.2, 0) is 6.54 Å². The van der Waals surface area contributed by atoms with Crippen molar-refractivity contribution < 1.29 is 14.3 Å². The standard InChI is InChI=1S/C18H21FN6O3/c1-2-10-3-5-11(6-4-10)8-24-14-13(15(19)23-24)21-18(22-16(14)26)25-9-12(7-20-25)17(27)28/h7,9-11H,2-6,8H2,1H3,(H,27,28)(H,21,22,26). The molecule has 28 heavy (non-hydrogen) atoms. The molecule has 10 heteroatoms. The summed E-state index contributed by atoms with van der Waals surface area (Å²) >= 11 is 0. The summed E-state index contributed by atoms with van der Waals surface area (Å²) in [6, 6.07) is 0. The minimum absolute atomic E-state index is 0.0631. The van der Waals surface area contributed by atoms with Crippen LogP contribution in [0.15, 0.2) is 17.2 Å². The highest BCUT2D eigenvalue weighted by Gasteiger charge is 2.24. The third kappa shape index (κ3) is 3.30. The predicted molar refractivity (Wildman–Crippen MR) is 97.9 cm³/mol. The summed E-state index contributed by atoms with van der Waals surface area (Å²) in [7, 11) is 0. The van der Waals surface area contributed by atoms with Gasteiger partial charge in [0.15, 0.2) is 11.0 Å². The third-order valence-corrected chi connectivity index (χ3v) is 5.57. The summed E-state index contributed by atoms with van der Waals surface area (Å²) in [5.74, 6) is -0.943. The largest absolute Gasteiger partial charge is 0.478 e. The van der Waals surface area contributed by atoms with E-state index in [1.165, 1.54) is 17.3 Å². The summed E-state index contributed by atoms with van der Waals surface area (Å²) < 4.78 is 16.9. The molecule has 0 aliphatic heterocycles. The Balaban J connectivity index is 1.65. The minimum Gasteiger partial charge on any atom is -0.478 e. The van der Waals surface area contributed by atoms with Gasteiger partial charge in [-0.2, -0.15) is 9.49 Å². The van der Waals surface area contributed by atoms with E-state index in [1.54, 1.807) is 0 Å². The number of halogens is 1. The van der Waals surface area contributed by atoms with Gasteiger partial charge in [0.1, 0.15) is 0 Å². The molecule has 0 aromatic carbocycles. The van der Waals surface area contributed by atoms with E-state index in [9.17, 15) is 14.0 Å². The van der Waals surface area contributed by atoms with Crippen molar-refractivity contribution in [3.63, 3.8) is 0 Å². The van der Waals surface area contributed by atoms with E-state index < -0.39 is 17.5 Å². The Hall–Kier alpha value is -3.04. The van der Waals surface area contributed by atoms with Gasteiger partial charge in [0, 0.05) is 12.7 Å². The summed E-state index contributed by atoms with van der Waals surface area (Å²) in [5, 5.41) is 16.7. The molecule has 0 spiro atoms. The number of aromatic carboxylic acids is 1. The molecule has 0 saturated heterocycles. The molecule has 9 nitrogen and oxygen atoms in total. The van der Waals surface area contributed by atoms with Gasteiger partial charge >= 0.3 is 5.97 Å². The van der Waals surface area contributed by atoms with Crippen LogP contribution in [0.2, 0.25) is 0 Å². The van der Waals surface area contributed by atoms with Crippen LogP contribution in [0.1, 0.15) is 49.4 Å². The lowest BCUT2D eigenvalue weighted by atomic mass is 9.81. The van der Waals surface area contributed by atoms with Crippen molar-refractivity contribution in [2.75, 3.05) is 0 Å². The fourth-order valence-electron chi connectivity index (χ4n) is 3.90. The topological polar surface area (TPSA) is 119 Å². The molecule has 4 rings (SSSR count). The van der Waals surface area contributed by atoms with Crippen LogP contribution >= 0.6 is 0 Å². The van der Waals surface area contributed by atoms with Crippen molar-refractivity contribution in [3.8, 4) is 5.95 Å². The van der Waals surface area contributed by atoms with Gasteiger partial charge in [-0.15, -0.1) is 5.10 Å². The summed E-state index contributed by atoms with van der Waals surface area (Å²) in [5.41, 5.74) is -0.662. The first-order chi connectivity index (χ1) is 13.5. The summed E-state index contributed by atoms with van der Waals surface area (Å²) in [4.78, 5) is 30.2. The Bertz CT molecular complexity index is 1080. The van der Waals surface area contributed by atoms with E-state index in [4.69, 9.17) is 5.11 Å². The Morgan fingerprint density at radius 3 is 2.68 bits per heavy atom. The summed E-state index contributed by atoms with van der Waals surface area (Å²) in [6.45, 7) is 2.68. The van der Waals surface area contributed by atoms with Gasteiger partial charge in [-0.1, -0.05) is 26.2 Å². The number of nitrogens with one attached hydrogen (secondary N) is 1. The number of carbonyl (C=O) groups is 1. The smallest absolute Gasteiger partial charge is 0.338 e. The quantitative estimate of drug-likeness (QED) is 0.693. The van der Waals surface area contributed by atoms with Crippen molar-refractivity contribution in [1.29, 1.82) is 0 Å². The maximum absolute atomic E-state index is 14.4. The molecular weight excluding hydrogens is 367 g/mol. The first kappa shape index (κ1) is 18.3. The molecular formula is C18H21FN6O3. The molecule has 1 saturated carbocycles. The van der Waals surface area contributed by atoms with Gasteiger partial charge in [0.05, 0.1) is 11.8 Å². The Kier molecular flexibility index (Phi) is 4.70. The molecule has 0 amide bonds. The fourth-order valence-corrected chi connectivity index (χ4v) is 3.90. The molecule has 1 aliphatic carbocycles. The highest BCUT2D eigenvalue weighted by Crippen LogP contribution is 2.31. The lowest BCUT2D eigenvalue weighted by molar-refractivity contribution is 0.0697. The predicted octanol–water partition coefficient (Wildman–Crippen LogP) is 2.36. The number of aromatic nitrogens is 6. The van der Waals surface area contributed by atoms with Crippen molar-refractivity contribution in [3.05, 3.63) is 34.3 Å². The second kappa shape index (κ2) is 7.17. The number of rotatable bonds is 5. The number of carboxylic acid groups (broad SMARTS) is 1. The number of hydrogen-bond acceptors (Lipinski definition) is 5. The first-order valence-electron chi connectivity index (χ1n) is 9.41. The molecule has 148 valence electrons. The van der Waals surface area contributed by atoms with E-state index in [-0.39, 0.29) is 22.5 Å². The van der Waals surface area contributed by atoms with Crippen molar-refractivity contribution in [1.82, 2.24) is 29.5 Å². The van der Waals surface area contributed by atoms with Crippen LogP contribution in [0.5, 0.6) is 0 Å². The monoisotopic (exact) mass is 388 g/mol. The normalized spacial score (nSPS) is 19.9. The van der Waals surface area contributed by atoms with E-state index in [0.717, 1.165) is 42.5 Å². The highest BCUT2D eigenvalue weighted by molar-refractivity contribution is 5.87. The van der Waals surface area contributed by atoms with E-state index in [2.05, 4.69) is 27.1 Å². The zero-order valence-electron chi connectivity index (χ0n) is 15.4. The molecule has 0 unspecified atom stereocenters. The van der Waals surface area contributed by atoms with Crippen LogP contribution < -0.4 is 5.56 Å². The highest BCUT2D eigenvalue weighted by atomic mass is 19.1. The van der Waals surface area contributed by atoms with Gasteiger partial charge in [-0.3, -0.25) is 14.5 Å². The first-order valence-corrected chi connectivity index (χ1v) is 9.41. The minimum atomic E-state index is -1.16. The zero-order chi connectivity index (χ0) is 19.8. The van der Waals surface area contributed by atoms with Crippen molar-refractivity contribution >= 4 is 17.0 Å². The van der Waals surface area contributed by atoms with Crippen molar-refractivity contribution in [2.24, 2.45) is 11.8 Å². The van der Waals surface area contributed by atoms with E-state index in [0.29, 0.717) is 12.5 Å². The Morgan fingerprint density at radius 2 is 2.04 bits per heavy atom. The second-order valence-electron chi connectivity index (χ2n) is 7.33. The number of aromatic amines is 1. The molecule has 0 atom stereocenters. The molecule has 0 radical (unpaired) electrons. The van der Waals surface area contributed by atoms with E-state index >= 15 is 0 Å². The van der Waals surface area contributed by atoms with Crippen molar-refractivity contribution in [2.45, 2.75) is 45.6 Å². The lowest BCUT2D eigenvalue weighted by Crippen LogP contribution is -2.22. The number of carboxylic acids is 1. The molecule has 3 heterocycles. The van der Waals surface area contributed by atoms with Gasteiger partial charge in [0.2, 0.25) is 5.95 Å². The average molecular weight is 388 g/mol.